The van der Waals surface area contributed by atoms with E-state index in [0.717, 1.165) is 16.5 Å². The highest BCUT2D eigenvalue weighted by Gasteiger charge is 2.19. The lowest BCUT2D eigenvalue weighted by Gasteiger charge is -2.21. The summed E-state index contributed by atoms with van der Waals surface area (Å²) in [6.45, 7) is 4.23. The van der Waals surface area contributed by atoms with Crippen molar-refractivity contribution in [3.05, 3.63) is 28.2 Å². The normalized spacial score (nSPS) is 14.1. The van der Waals surface area contributed by atoms with Crippen LogP contribution in [0.1, 0.15) is 38.3 Å². The van der Waals surface area contributed by atoms with Crippen molar-refractivity contribution in [3.63, 3.8) is 0 Å². The molecule has 0 heterocycles. The SMILES string of the molecule is CC(C)CC[C@H](O)[C@H](N)c1cc(O)ccc1Br.Cl. The van der Waals surface area contributed by atoms with Gasteiger partial charge in [0.1, 0.15) is 5.75 Å². The van der Waals surface area contributed by atoms with Crippen molar-refractivity contribution in [1.29, 1.82) is 0 Å². The molecule has 0 aliphatic carbocycles. The third-order valence-corrected chi connectivity index (χ3v) is 3.52. The minimum absolute atomic E-state index is 0. The minimum Gasteiger partial charge on any atom is -0.508 e. The van der Waals surface area contributed by atoms with Crippen LogP contribution in [0.3, 0.4) is 0 Å². The van der Waals surface area contributed by atoms with Crippen LogP contribution >= 0.6 is 28.3 Å². The molecule has 18 heavy (non-hydrogen) atoms. The standard InChI is InChI=1S/C13H20BrNO2.ClH/c1-8(2)3-6-12(17)13(15)10-7-9(16)4-5-11(10)14;/h4-5,7-8,12-13,16-17H,3,6,15H2,1-2H3;1H/t12-,13+;/m0./s1. The summed E-state index contributed by atoms with van der Waals surface area (Å²) < 4.78 is 0.811. The summed E-state index contributed by atoms with van der Waals surface area (Å²) in [5, 5.41) is 19.4. The smallest absolute Gasteiger partial charge is 0.115 e. The molecule has 0 amide bonds. The molecule has 0 aliphatic heterocycles. The number of benzene rings is 1. The molecule has 0 aliphatic rings. The maximum absolute atomic E-state index is 10.0. The molecule has 3 nitrogen and oxygen atoms in total. The van der Waals surface area contributed by atoms with Crippen LogP contribution in [0, 0.1) is 5.92 Å². The third-order valence-electron chi connectivity index (χ3n) is 2.79. The Morgan fingerprint density at radius 1 is 1.28 bits per heavy atom. The molecule has 0 radical (unpaired) electrons. The number of aliphatic hydroxyl groups excluding tert-OH is 1. The lowest BCUT2D eigenvalue weighted by atomic mass is 9.96. The summed E-state index contributed by atoms with van der Waals surface area (Å²) in [7, 11) is 0. The zero-order valence-corrected chi connectivity index (χ0v) is 13.0. The first-order chi connectivity index (χ1) is 7.91. The zero-order valence-electron chi connectivity index (χ0n) is 10.6. The minimum atomic E-state index is -0.588. The van der Waals surface area contributed by atoms with E-state index in [0.29, 0.717) is 12.3 Å². The van der Waals surface area contributed by atoms with E-state index in [1.54, 1.807) is 18.2 Å². The lowest BCUT2D eigenvalue weighted by molar-refractivity contribution is 0.128. The second kappa shape index (κ2) is 8.00. The zero-order chi connectivity index (χ0) is 13.0. The van der Waals surface area contributed by atoms with E-state index < -0.39 is 12.1 Å². The van der Waals surface area contributed by atoms with Crippen LogP contribution in [-0.4, -0.2) is 16.3 Å². The fraction of sp³-hybridized carbons (Fsp3) is 0.538. The predicted molar refractivity (Wildman–Crippen MR) is 80.1 cm³/mol. The molecule has 5 heteroatoms. The second-order valence-electron chi connectivity index (χ2n) is 4.77. The van der Waals surface area contributed by atoms with Gasteiger partial charge in [-0.1, -0.05) is 29.8 Å². The van der Waals surface area contributed by atoms with Crippen molar-refractivity contribution < 1.29 is 10.2 Å². The van der Waals surface area contributed by atoms with Crippen LogP contribution in [0.15, 0.2) is 22.7 Å². The number of nitrogens with two attached hydrogens (primary N) is 1. The molecule has 0 aromatic heterocycles. The number of phenols is 1. The van der Waals surface area contributed by atoms with E-state index in [4.69, 9.17) is 5.73 Å². The van der Waals surface area contributed by atoms with Gasteiger partial charge in [-0.05, 0) is 42.5 Å². The van der Waals surface area contributed by atoms with E-state index in [1.807, 2.05) is 0 Å². The van der Waals surface area contributed by atoms with Gasteiger partial charge in [0.15, 0.2) is 0 Å². The molecule has 1 aromatic rings. The summed E-state index contributed by atoms with van der Waals surface area (Å²) in [5.41, 5.74) is 6.74. The Morgan fingerprint density at radius 2 is 1.89 bits per heavy atom. The summed E-state index contributed by atoms with van der Waals surface area (Å²) >= 11 is 3.38. The van der Waals surface area contributed by atoms with Gasteiger partial charge < -0.3 is 15.9 Å². The van der Waals surface area contributed by atoms with Gasteiger partial charge in [0.2, 0.25) is 0 Å². The summed E-state index contributed by atoms with van der Waals surface area (Å²) in [6.07, 6.45) is 1.02. The van der Waals surface area contributed by atoms with Gasteiger partial charge in [-0.15, -0.1) is 12.4 Å². The number of hydrogen-bond donors (Lipinski definition) is 3. The number of aliphatic hydroxyl groups is 1. The number of halogens is 2. The van der Waals surface area contributed by atoms with Crippen LogP contribution in [0.25, 0.3) is 0 Å². The molecule has 0 fully saturated rings. The van der Waals surface area contributed by atoms with E-state index in [-0.39, 0.29) is 18.2 Å². The molecule has 0 unspecified atom stereocenters. The van der Waals surface area contributed by atoms with Crippen molar-refractivity contribution >= 4 is 28.3 Å². The largest absolute Gasteiger partial charge is 0.508 e. The van der Waals surface area contributed by atoms with Gasteiger partial charge in [0.25, 0.3) is 0 Å². The Labute approximate surface area is 123 Å². The van der Waals surface area contributed by atoms with Gasteiger partial charge in [-0.25, -0.2) is 0 Å². The van der Waals surface area contributed by atoms with Crippen LogP contribution < -0.4 is 5.73 Å². The third kappa shape index (κ3) is 5.14. The van der Waals surface area contributed by atoms with E-state index in [2.05, 4.69) is 29.8 Å². The van der Waals surface area contributed by atoms with Gasteiger partial charge >= 0.3 is 0 Å². The first kappa shape index (κ1) is 17.7. The summed E-state index contributed by atoms with van der Waals surface area (Å²) in [5.74, 6) is 0.708. The Morgan fingerprint density at radius 3 is 2.44 bits per heavy atom. The molecule has 2 atom stereocenters. The fourth-order valence-corrected chi connectivity index (χ4v) is 2.19. The lowest BCUT2D eigenvalue weighted by Crippen LogP contribution is -2.26. The van der Waals surface area contributed by atoms with E-state index in [9.17, 15) is 10.2 Å². The Bertz CT molecular complexity index is 374. The molecule has 0 spiro atoms. The molecule has 1 aromatic carbocycles. The average molecular weight is 339 g/mol. The van der Waals surface area contributed by atoms with Gasteiger partial charge in [0.05, 0.1) is 12.1 Å². The maximum atomic E-state index is 10.0. The van der Waals surface area contributed by atoms with Crippen LogP contribution in [0.2, 0.25) is 0 Å². The first-order valence-electron chi connectivity index (χ1n) is 5.84. The quantitative estimate of drug-likeness (QED) is 0.771. The topological polar surface area (TPSA) is 66.5 Å². The average Bonchev–Trinajstić information content (AvgIpc) is 2.28. The molecule has 0 saturated carbocycles. The number of aromatic hydroxyl groups is 1. The number of rotatable bonds is 5. The Hall–Kier alpha value is -0.290. The van der Waals surface area contributed by atoms with Crippen molar-refractivity contribution in [2.75, 3.05) is 0 Å². The molecular formula is C13H21BrClNO2. The highest BCUT2D eigenvalue weighted by Crippen LogP contribution is 2.29. The van der Waals surface area contributed by atoms with E-state index >= 15 is 0 Å². The van der Waals surface area contributed by atoms with Gasteiger partial charge in [0, 0.05) is 4.47 Å². The Balaban J connectivity index is 0.00000289. The van der Waals surface area contributed by atoms with Crippen molar-refractivity contribution in [3.8, 4) is 5.75 Å². The molecule has 0 saturated heterocycles. The molecular weight excluding hydrogens is 318 g/mol. The van der Waals surface area contributed by atoms with Crippen molar-refractivity contribution in [1.82, 2.24) is 0 Å². The van der Waals surface area contributed by atoms with Crippen LogP contribution in [-0.2, 0) is 0 Å². The second-order valence-corrected chi connectivity index (χ2v) is 5.62. The Kier molecular flexibility index (Phi) is 7.87. The van der Waals surface area contributed by atoms with Crippen molar-refractivity contribution in [2.45, 2.75) is 38.8 Å². The van der Waals surface area contributed by atoms with E-state index in [1.165, 1.54) is 0 Å². The number of phenolic OH excluding ortho intramolecular Hbond substituents is 1. The van der Waals surface area contributed by atoms with Crippen LogP contribution in [0.4, 0.5) is 0 Å². The first-order valence-corrected chi connectivity index (χ1v) is 6.63. The predicted octanol–water partition coefficient (Wildman–Crippen LogP) is 3.37. The highest BCUT2D eigenvalue weighted by atomic mass is 79.9. The monoisotopic (exact) mass is 337 g/mol. The molecule has 104 valence electrons. The van der Waals surface area contributed by atoms with Gasteiger partial charge in [-0.2, -0.15) is 0 Å². The number of hydrogen-bond acceptors (Lipinski definition) is 3. The molecule has 0 bridgehead atoms. The highest BCUT2D eigenvalue weighted by molar-refractivity contribution is 9.10. The molecule has 4 N–H and O–H groups in total. The van der Waals surface area contributed by atoms with Crippen molar-refractivity contribution in [2.24, 2.45) is 11.7 Å². The maximum Gasteiger partial charge on any atom is 0.115 e. The molecule has 1 rings (SSSR count). The fourth-order valence-electron chi connectivity index (χ4n) is 1.68. The summed E-state index contributed by atoms with van der Waals surface area (Å²) in [6, 6.07) is 4.43. The summed E-state index contributed by atoms with van der Waals surface area (Å²) in [4.78, 5) is 0. The van der Waals surface area contributed by atoms with Crippen LogP contribution in [0.5, 0.6) is 5.75 Å². The van der Waals surface area contributed by atoms with Gasteiger partial charge in [-0.3, -0.25) is 0 Å².